The van der Waals surface area contributed by atoms with Gasteiger partial charge >= 0.3 is 12.3 Å². The molecule has 1 amide bonds. The number of likely N-dealkylation sites (tertiary alicyclic amines) is 1. The molecule has 3 heterocycles. The molecule has 0 N–H and O–H groups in total. The molecule has 2 fully saturated rings. The molecule has 1 aromatic heterocycles. The predicted octanol–water partition coefficient (Wildman–Crippen LogP) is 4.41. The van der Waals surface area contributed by atoms with Crippen LogP contribution in [0, 0.1) is 5.92 Å². The molecule has 2 atom stereocenters. The van der Waals surface area contributed by atoms with E-state index >= 15 is 0 Å². The molecular weight excluding hydrogens is 481 g/mol. The van der Waals surface area contributed by atoms with E-state index in [4.69, 9.17) is 9.47 Å². The van der Waals surface area contributed by atoms with E-state index in [-0.39, 0.29) is 30.9 Å². The van der Waals surface area contributed by atoms with Crippen molar-refractivity contribution in [3.8, 4) is 0 Å². The van der Waals surface area contributed by atoms with Gasteiger partial charge in [-0.15, -0.1) is 0 Å². The number of alkyl halides is 3. The fourth-order valence-electron chi connectivity index (χ4n) is 4.53. The second kappa shape index (κ2) is 10.1. The van der Waals surface area contributed by atoms with Gasteiger partial charge < -0.3 is 19.3 Å². The molecule has 8 nitrogen and oxygen atoms in total. The number of amides is 1. The second-order valence-corrected chi connectivity index (χ2v) is 17.2. The summed E-state index contributed by atoms with van der Waals surface area (Å²) < 4.78 is 53.9. The lowest BCUT2D eigenvalue weighted by Gasteiger charge is -2.37. The molecule has 198 valence electrons. The normalized spacial score (nSPS) is 21.3. The zero-order valence-corrected chi connectivity index (χ0v) is 22.4. The van der Waals surface area contributed by atoms with Crippen LogP contribution in [0.4, 0.5) is 23.7 Å². The van der Waals surface area contributed by atoms with Crippen molar-refractivity contribution >= 4 is 19.9 Å². The Bertz CT molecular complexity index is 971. The Kier molecular flexibility index (Phi) is 7.95. The number of carbonyl (C=O) groups is 1. The molecule has 12 heteroatoms. The van der Waals surface area contributed by atoms with Crippen molar-refractivity contribution in [1.82, 2.24) is 14.7 Å². The number of piperidine rings is 1. The van der Waals surface area contributed by atoms with Gasteiger partial charge in [0.2, 0.25) is 0 Å². The van der Waals surface area contributed by atoms with Gasteiger partial charge in [-0.05, 0) is 45.6 Å². The maximum atomic E-state index is 14.1. The van der Waals surface area contributed by atoms with Crippen molar-refractivity contribution in [2.24, 2.45) is 5.92 Å². The summed E-state index contributed by atoms with van der Waals surface area (Å²) in [4.78, 5) is 28.7. The molecule has 3 rings (SSSR count). The van der Waals surface area contributed by atoms with Crippen LogP contribution >= 0.6 is 0 Å². The van der Waals surface area contributed by atoms with E-state index in [2.05, 4.69) is 24.7 Å². The summed E-state index contributed by atoms with van der Waals surface area (Å²) >= 11 is 0. The average molecular weight is 519 g/mol. The molecule has 2 aliphatic heterocycles. The highest BCUT2D eigenvalue weighted by atomic mass is 28.3. The third-order valence-corrected chi connectivity index (χ3v) is 7.97. The summed E-state index contributed by atoms with van der Waals surface area (Å²) in [7, 11) is -1.38. The van der Waals surface area contributed by atoms with Crippen molar-refractivity contribution in [3.05, 3.63) is 22.1 Å². The van der Waals surface area contributed by atoms with E-state index in [1.165, 1.54) is 4.90 Å². The van der Waals surface area contributed by atoms with E-state index in [1.54, 1.807) is 25.7 Å². The topological polar surface area (TPSA) is 76.9 Å². The highest BCUT2D eigenvalue weighted by Gasteiger charge is 2.46. The van der Waals surface area contributed by atoms with Crippen LogP contribution in [0.5, 0.6) is 0 Å². The lowest BCUT2D eigenvalue weighted by molar-refractivity contribution is -0.138. The number of rotatable bonds is 6. The smallest absolute Gasteiger partial charge is 0.423 e. The Balaban J connectivity index is 1.82. The van der Waals surface area contributed by atoms with Gasteiger partial charge in [-0.1, -0.05) is 19.6 Å². The number of halogens is 3. The maximum Gasteiger partial charge on any atom is 0.423 e. The van der Waals surface area contributed by atoms with Crippen LogP contribution in [-0.2, 0) is 22.4 Å². The van der Waals surface area contributed by atoms with Crippen LogP contribution in [0.3, 0.4) is 0 Å². The van der Waals surface area contributed by atoms with E-state index < -0.39 is 37.1 Å². The average Bonchev–Trinajstić information content (AvgIpc) is 3.13. The predicted molar refractivity (Wildman–Crippen MR) is 129 cm³/mol. The Morgan fingerprint density at radius 2 is 1.89 bits per heavy atom. The Labute approximate surface area is 205 Å². The Hall–Kier alpha value is -2.08. The second-order valence-electron chi connectivity index (χ2n) is 11.6. The number of hydrogen-bond acceptors (Lipinski definition) is 6. The van der Waals surface area contributed by atoms with Crippen LogP contribution in [0.2, 0.25) is 25.7 Å². The lowest BCUT2D eigenvalue weighted by Crippen LogP contribution is -2.50. The summed E-state index contributed by atoms with van der Waals surface area (Å²) in [6.07, 6.45) is -2.68. The van der Waals surface area contributed by atoms with Crippen molar-refractivity contribution in [3.63, 3.8) is 0 Å². The number of ether oxygens (including phenoxy) is 2. The van der Waals surface area contributed by atoms with Crippen molar-refractivity contribution in [1.29, 1.82) is 0 Å². The standard InChI is InChI=1S/C23H37F3N4O4Si/c1-22(2,3)34-21(32)29-9-7-8-16-13-28(14-18(16)29)17-12-27-30(15-33-10-11-35(4,5)6)20(31)19(17)23(24,25)26/h12,16,18H,7-11,13-15H2,1-6H3/t16-,18+/m0/s1. The first-order valence-corrected chi connectivity index (χ1v) is 15.8. The summed E-state index contributed by atoms with van der Waals surface area (Å²) in [5, 5.41) is 3.99. The first kappa shape index (κ1) is 27.5. The molecule has 0 bridgehead atoms. The number of anilines is 1. The van der Waals surface area contributed by atoms with Gasteiger partial charge in [-0.2, -0.15) is 18.3 Å². The molecule has 2 saturated heterocycles. The van der Waals surface area contributed by atoms with Crippen molar-refractivity contribution in [2.75, 3.05) is 31.1 Å². The quantitative estimate of drug-likeness (QED) is 0.410. The van der Waals surface area contributed by atoms with Gasteiger partial charge in [0, 0.05) is 34.3 Å². The van der Waals surface area contributed by atoms with Crippen LogP contribution < -0.4 is 10.5 Å². The minimum atomic E-state index is -4.85. The molecule has 1 aromatic rings. The molecule has 0 radical (unpaired) electrons. The first-order chi connectivity index (χ1) is 16.1. The molecule has 0 aromatic carbocycles. The first-order valence-electron chi connectivity index (χ1n) is 12.1. The van der Waals surface area contributed by atoms with E-state index in [9.17, 15) is 22.8 Å². The Morgan fingerprint density at radius 1 is 1.20 bits per heavy atom. The minimum absolute atomic E-state index is 0.00955. The zero-order chi connectivity index (χ0) is 26.2. The lowest BCUT2D eigenvalue weighted by atomic mass is 9.92. The number of nitrogens with zero attached hydrogens (tertiary/aromatic N) is 4. The third kappa shape index (κ3) is 6.99. The van der Waals surface area contributed by atoms with Crippen LogP contribution in [-0.4, -0.2) is 66.7 Å². The molecule has 2 aliphatic rings. The molecule has 0 spiro atoms. The number of hydrogen-bond donors (Lipinski definition) is 0. The Morgan fingerprint density at radius 3 is 2.49 bits per heavy atom. The molecule has 0 unspecified atom stereocenters. The van der Waals surface area contributed by atoms with E-state index in [0.717, 1.165) is 29.8 Å². The van der Waals surface area contributed by atoms with Crippen molar-refractivity contribution < 1.29 is 27.4 Å². The SMILES string of the molecule is CC(C)(C)OC(=O)N1CCC[C@H]2CN(c3cnn(COCC[Si](C)(C)C)c(=O)c3C(F)(F)F)C[C@H]21. The summed E-state index contributed by atoms with van der Waals surface area (Å²) in [5.41, 5.74) is -3.39. The minimum Gasteiger partial charge on any atom is -0.444 e. The van der Waals surface area contributed by atoms with Crippen LogP contribution in [0.15, 0.2) is 11.0 Å². The maximum absolute atomic E-state index is 14.1. The molecule has 35 heavy (non-hydrogen) atoms. The number of aromatic nitrogens is 2. The zero-order valence-electron chi connectivity index (χ0n) is 21.4. The van der Waals surface area contributed by atoms with E-state index in [1.807, 2.05) is 0 Å². The fraction of sp³-hybridized carbons (Fsp3) is 0.783. The van der Waals surface area contributed by atoms with Gasteiger partial charge in [0.25, 0.3) is 5.56 Å². The number of fused-ring (bicyclic) bond motifs is 1. The van der Waals surface area contributed by atoms with Crippen LogP contribution in [0.25, 0.3) is 0 Å². The summed E-state index contributed by atoms with van der Waals surface area (Å²) in [6, 6.07) is 0.545. The highest BCUT2D eigenvalue weighted by molar-refractivity contribution is 6.76. The van der Waals surface area contributed by atoms with Gasteiger partial charge in [-0.25, -0.2) is 9.48 Å². The fourth-order valence-corrected chi connectivity index (χ4v) is 5.29. The summed E-state index contributed by atoms with van der Waals surface area (Å²) in [6.45, 7) is 12.8. The van der Waals surface area contributed by atoms with Gasteiger partial charge in [0.1, 0.15) is 17.9 Å². The largest absolute Gasteiger partial charge is 0.444 e. The molecule has 0 aliphatic carbocycles. The van der Waals surface area contributed by atoms with Crippen LogP contribution in [0.1, 0.15) is 39.2 Å². The number of carbonyl (C=O) groups excluding carboxylic acids is 1. The monoisotopic (exact) mass is 518 g/mol. The van der Waals surface area contributed by atoms with Gasteiger partial charge in [-0.3, -0.25) is 4.79 Å². The highest BCUT2D eigenvalue weighted by Crippen LogP contribution is 2.39. The molecular formula is C23H37F3N4O4Si. The third-order valence-electron chi connectivity index (χ3n) is 6.27. The summed E-state index contributed by atoms with van der Waals surface area (Å²) in [5.74, 6) is -0.00955. The van der Waals surface area contributed by atoms with E-state index in [0.29, 0.717) is 19.7 Å². The van der Waals surface area contributed by atoms with Crippen molar-refractivity contribution in [2.45, 2.75) is 83.8 Å². The van der Waals surface area contributed by atoms with Gasteiger partial charge in [0.15, 0.2) is 0 Å². The molecule has 0 saturated carbocycles. The van der Waals surface area contributed by atoms with Gasteiger partial charge in [0.05, 0.1) is 17.9 Å².